The van der Waals surface area contributed by atoms with Crippen LogP contribution in [0.15, 0.2) is 67.8 Å². The molecule has 90 heavy (non-hydrogen) atoms. The fraction of sp³-hybridized carbons (Fsp3) is 0.629. The number of aliphatic hydroxyl groups is 2. The van der Waals surface area contributed by atoms with E-state index >= 15 is 0 Å². The molecule has 2 saturated heterocycles. The third-order valence-corrected chi connectivity index (χ3v) is 21.7. The van der Waals surface area contributed by atoms with E-state index in [0.29, 0.717) is 56.4 Å². The second-order valence-corrected chi connectivity index (χ2v) is 28.4. The van der Waals surface area contributed by atoms with Crippen LogP contribution in [0.5, 0.6) is 0 Å². The molecule has 0 radical (unpaired) electrons. The number of imidazole rings is 1. The van der Waals surface area contributed by atoms with E-state index in [1.807, 2.05) is 87.4 Å². The van der Waals surface area contributed by atoms with Crippen molar-refractivity contribution in [1.82, 2.24) is 20.2 Å². The zero-order chi connectivity index (χ0) is 66.7. The molecule has 492 valence electrons. The lowest BCUT2D eigenvalue weighted by molar-refractivity contribution is -0.124. The van der Waals surface area contributed by atoms with E-state index in [1.165, 1.54) is 13.3 Å². The Kier molecular flexibility index (Phi) is 19.6. The number of benzene rings is 1. The number of hydrogen-bond acceptors (Lipinski definition) is 18. The molecule has 0 aliphatic carbocycles. The molecule has 6 aliphatic heterocycles. The fourth-order valence-corrected chi connectivity index (χ4v) is 16.6. The maximum Gasteiger partial charge on any atom is 0.472 e. The first-order chi connectivity index (χ1) is 41.8. The first-order valence-corrected chi connectivity index (χ1v) is 32.1. The number of carbonyl (C=O) groups is 7. The number of allylic oxidation sites excluding steroid dienone is 6. The van der Waals surface area contributed by atoms with Gasteiger partial charge in [-0.25, -0.2) is 9.55 Å². The van der Waals surface area contributed by atoms with Gasteiger partial charge >= 0.3 is 7.82 Å². The van der Waals surface area contributed by atoms with Gasteiger partial charge in [-0.1, -0.05) is 34.6 Å². The van der Waals surface area contributed by atoms with E-state index in [9.17, 15) is 53.2 Å². The van der Waals surface area contributed by atoms with Crippen LogP contribution in [0.1, 0.15) is 150 Å². The molecule has 7 heterocycles. The molecule has 0 spiro atoms. The summed E-state index contributed by atoms with van der Waals surface area (Å²) in [5.41, 5.74) is 37.4. The number of rotatable bonds is 26. The Labute approximate surface area is 523 Å². The van der Waals surface area contributed by atoms with Gasteiger partial charge in [0, 0.05) is 131 Å². The Bertz CT molecular complexity index is 3540. The molecule has 1 aromatic carbocycles. The highest BCUT2D eigenvalue weighted by atomic mass is 31.2. The van der Waals surface area contributed by atoms with Gasteiger partial charge in [-0.3, -0.25) is 57.6 Å². The number of aryl methyl sites for hydroxylation is 2. The van der Waals surface area contributed by atoms with Crippen molar-refractivity contribution >= 4 is 77.3 Å². The molecule has 15 atom stereocenters. The summed E-state index contributed by atoms with van der Waals surface area (Å²) in [4.78, 5) is 126. The summed E-state index contributed by atoms with van der Waals surface area (Å²) in [6, 6.07) is 2.70. The molecule has 2 unspecified atom stereocenters. The van der Waals surface area contributed by atoms with E-state index < -0.39 is 143 Å². The number of ether oxygens (including phenoxy) is 1. The van der Waals surface area contributed by atoms with E-state index in [0.717, 1.165) is 11.1 Å². The van der Waals surface area contributed by atoms with Gasteiger partial charge in [-0.2, -0.15) is 0 Å². The molecular formula is C62H90N13O14P. The number of carbonyl (C=O) groups excluding carboxylic acids is 7. The SMILES string of the molecule is C/C1=C2N=C(/C=C3\N/C(=C(/C)C4=N[C@@](C)(C5N=C1[C@](C)(CCC(=O)NC[C@@H](C)OP(=O)(O)O[C@H]1[C@@H](O)[C@@H](n6cnc7cc(C)c(C)cc76)O[C@@H]1CO)[C@H]5CC(N)=O)[C@@](C)(CC(N)=O)[C@@H]4CCC(N)=O)[C@@](C)(CC(N)=O)[C@@H]3CCC(N)=O)C(C)(C)[C@@H]/2CCC(N)=O. The lowest BCUT2D eigenvalue weighted by Gasteiger charge is -2.48. The standard InChI is InChI=1S/C62H90N13O14P/c1-29-20-39-40(21-30(29)2)75(28-70-39)57-52(84)53(41(27-76)87-57)89-90(85,86)88-31(3)26-69-49(83)18-19-59(8)37(22-46(66)80)56-62(11)61(10,25-48(68)82)36(14-17-45(65)79)51(74-62)33(5)55-60(9,24-47(67)81)34(12-15-43(63)77)38(71-55)23-42-58(6,7)35(13-16-44(64)78)50(72-42)32(4)54(59)73-56/h20-21,23,28,31,34-37,41,52-53,56-57,71,76,84H,12-19,22,24-27H2,1-11H3,(H2,63,77)(H2,64,78)(H2,65,79)(H2,66,80)(H2,67,81)(H2,68,82)(H,69,83)(H,85,86)/b38-23-,50-32-,55-33-/t31-,34-,35-,36-,37+,41-,52-,53-,56?,57+,59-,60+,61+,62+/m1/s1. The number of aliphatic imine (C=N–C) groups is 3. The van der Waals surface area contributed by atoms with Crippen molar-refractivity contribution < 1.29 is 67.0 Å². The zero-order valence-corrected chi connectivity index (χ0v) is 54.1. The van der Waals surface area contributed by atoms with E-state index in [4.69, 9.17) is 63.2 Å². The second kappa shape index (κ2) is 25.6. The van der Waals surface area contributed by atoms with Crippen LogP contribution in [-0.2, 0) is 51.9 Å². The quantitative estimate of drug-likeness (QED) is 0.0603. The van der Waals surface area contributed by atoms with Crippen molar-refractivity contribution in [2.45, 2.75) is 189 Å². The van der Waals surface area contributed by atoms with E-state index in [1.54, 1.807) is 4.57 Å². The minimum absolute atomic E-state index is 0.0114. The number of aromatic nitrogens is 2. The maximum atomic E-state index is 14.4. The highest BCUT2D eigenvalue weighted by molar-refractivity contribution is 7.47. The number of fused-ring (bicyclic) bond motifs is 7. The minimum Gasteiger partial charge on any atom is -0.394 e. The summed E-state index contributed by atoms with van der Waals surface area (Å²) in [5, 5.41) is 28.2. The van der Waals surface area contributed by atoms with Gasteiger partial charge in [-0.15, -0.1) is 0 Å². The number of aliphatic hydroxyl groups excluding tert-OH is 2. The largest absolute Gasteiger partial charge is 0.472 e. The van der Waals surface area contributed by atoms with Gasteiger partial charge in [0.2, 0.25) is 41.4 Å². The number of nitrogens with zero attached hydrogens (tertiary/aromatic N) is 5. The maximum absolute atomic E-state index is 14.4. The van der Waals surface area contributed by atoms with Crippen molar-refractivity contribution in [3.05, 3.63) is 63.9 Å². The number of hydrogen-bond donors (Lipinski definition) is 11. The van der Waals surface area contributed by atoms with Crippen LogP contribution in [-0.4, -0.2) is 132 Å². The molecule has 2 fully saturated rings. The Balaban J connectivity index is 1.19. The molecular weight excluding hydrogens is 1180 g/mol. The van der Waals surface area contributed by atoms with Crippen LogP contribution >= 0.6 is 7.82 Å². The van der Waals surface area contributed by atoms with Gasteiger partial charge < -0.3 is 69.4 Å². The predicted molar refractivity (Wildman–Crippen MR) is 334 cm³/mol. The van der Waals surface area contributed by atoms with E-state index in [2.05, 4.69) is 15.6 Å². The van der Waals surface area contributed by atoms with Crippen molar-refractivity contribution in [3.63, 3.8) is 0 Å². The molecule has 1 aromatic heterocycles. The molecule has 28 heteroatoms. The Morgan fingerprint density at radius 2 is 1.40 bits per heavy atom. The summed E-state index contributed by atoms with van der Waals surface area (Å²) >= 11 is 0. The van der Waals surface area contributed by atoms with Gasteiger partial charge in [0.05, 0.1) is 41.7 Å². The number of amides is 7. The first-order valence-electron chi connectivity index (χ1n) is 30.6. The van der Waals surface area contributed by atoms with Crippen LogP contribution in [0.4, 0.5) is 0 Å². The van der Waals surface area contributed by atoms with Crippen LogP contribution in [0.2, 0.25) is 0 Å². The minimum atomic E-state index is -5.07. The van der Waals surface area contributed by atoms with Crippen molar-refractivity contribution in [3.8, 4) is 0 Å². The summed E-state index contributed by atoms with van der Waals surface area (Å²) in [5.74, 6) is -7.18. The highest BCUT2D eigenvalue weighted by Gasteiger charge is 2.66. The number of nitrogens with two attached hydrogens (primary N) is 6. The summed E-state index contributed by atoms with van der Waals surface area (Å²) in [6.45, 7) is 19.3. The Morgan fingerprint density at radius 1 is 0.800 bits per heavy atom. The second-order valence-electron chi connectivity index (χ2n) is 27.1. The third kappa shape index (κ3) is 13.0. The van der Waals surface area contributed by atoms with Gasteiger partial charge in [0.15, 0.2) is 6.23 Å². The average Bonchev–Trinajstić information content (AvgIpc) is 1.53. The first kappa shape index (κ1) is 68.9. The lowest BCUT2D eigenvalue weighted by atomic mass is 9.55. The monoisotopic (exact) mass is 1270 g/mol. The average molecular weight is 1270 g/mol. The molecule has 7 amide bonds. The van der Waals surface area contributed by atoms with Crippen molar-refractivity contribution in [1.29, 1.82) is 0 Å². The van der Waals surface area contributed by atoms with Gasteiger partial charge in [0.1, 0.15) is 18.3 Å². The topological polar surface area (TPSA) is 460 Å². The van der Waals surface area contributed by atoms with Crippen molar-refractivity contribution in [2.24, 2.45) is 94.7 Å². The Hall–Kier alpha value is -7.00. The molecule has 0 saturated carbocycles. The molecule has 8 rings (SSSR count). The van der Waals surface area contributed by atoms with Crippen LogP contribution < -0.4 is 45.0 Å². The van der Waals surface area contributed by atoms with Crippen LogP contribution in [0, 0.1) is 59.2 Å². The molecule has 27 nitrogen and oxygen atoms in total. The summed E-state index contributed by atoms with van der Waals surface area (Å²) in [6.07, 6.45) is -4.26. The van der Waals surface area contributed by atoms with Crippen LogP contribution in [0.25, 0.3) is 11.0 Å². The number of primary amides is 6. The summed E-state index contributed by atoms with van der Waals surface area (Å²) < 4.78 is 32.3. The summed E-state index contributed by atoms with van der Waals surface area (Å²) in [7, 11) is -5.07. The highest BCUT2D eigenvalue weighted by Crippen LogP contribution is 2.63. The van der Waals surface area contributed by atoms with Crippen molar-refractivity contribution in [2.75, 3.05) is 13.2 Å². The third-order valence-electron chi connectivity index (χ3n) is 20.6. The fourth-order valence-electron chi connectivity index (χ4n) is 15.4. The normalized spacial score (nSPS) is 34.2. The van der Waals surface area contributed by atoms with Crippen LogP contribution in [0.3, 0.4) is 0 Å². The van der Waals surface area contributed by atoms with Gasteiger partial charge in [-0.05, 0) is 108 Å². The van der Waals surface area contributed by atoms with Gasteiger partial charge in [0.25, 0.3) is 0 Å². The smallest absolute Gasteiger partial charge is 0.394 e. The predicted octanol–water partition coefficient (Wildman–Crippen LogP) is 3.16. The Morgan fingerprint density at radius 3 is 1.99 bits per heavy atom. The molecule has 17 N–H and O–H groups in total. The molecule has 2 aromatic rings. The lowest BCUT2D eigenvalue weighted by Crippen LogP contribution is -2.56. The molecule has 8 bridgehead atoms. The van der Waals surface area contributed by atoms with E-state index in [-0.39, 0.29) is 77.2 Å². The zero-order valence-electron chi connectivity index (χ0n) is 53.3. The number of phosphoric acid groups is 1. The number of nitrogens with one attached hydrogen (secondary N) is 2. The number of phosphoric ester groups is 1. The molecule has 6 aliphatic rings.